The predicted molar refractivity (Wildman–Crippen MR) is 90.5 cm³/mol. The van der Waals surface area contributed by atoms with E-state index in [0.717, 1.165) is 38.5 Å². The van der Waals surface area contributed by atoms with E-state index in [-0.39, 0.29) is 10.8 Å². The zero-order valence-electron chi connectivity index (χ0n) is 14.2. The maximum absolute atomic E-state index is 11.8. The predicted octanol–water partition coefficient (Wildman–Crippen LogP) is 3.80. The van der Waals surface area contributed by atoms with Gasteiger partial charge in [0.2, 0.25) is 0 Å². The Morgan fingerprint density at radius 1 is 1.26 bits per heavy atom. The molecule has 0 bridgehead atoms. The van der Waals surface area contributed by atoms with Gasteiger partial charge in [-0.3, -0.25) is 4.79 Å². The van der Waals surface area contributed by atoms with Gasteiger partial charge in [-0.25, -0.2) is 0 Å². The lowest BCUT2D eigenvalue weighted by Gasteiger charge is -2.54. The van der Waals surface area contributed by atoms with E-state index in [0.29, 0.717) is 24.0 Å². The van der Waals surface area contributed by atoms with E-state index in [9.17, 15) is 9.90 Å². The van der Waals surface area contributed by atoms with Crippen molar-refractivity contribution in [3.63, 3.8) is 0 Å². The van der Waals surface area contributed by atoms with Crippen LogP contribution in [0.1, 0.15) is 58.8 Å². The number of fused-ring (bicyclic) bond motifs is 5. The van der Waals surface area contributed by atoms with E-state index in [4.69, 9.17) is 6.42 Å². The van der Waals surface area contributed by atoms with Crippen LogP contribution in [0.4, 0.5) is 0 Å². The molecule has 1 N–H and O–H groups in total. The first-order chi connectivity index (χ1) is 10.8. The molecule has 5 atom stereocenters. The molecule has 2 saturated carbocycles. The van der Waals surface area contributed by atoms with Crippen molar-refractivity contribution in [2.24, 2.45) is 22.7 Å². The maximum atomic E-state index is 11.8. The lowest BCUT2D eigenvalue weighted by atomic mass is 9.51. The fourth-order valence-electron chi connectivity index (χ4n) is 6.11. The molecule has 4 aliphatic rings. The second-order valence-corrected chi connectivity index (χ2v) is 8.54. The Morgan fingerprint density at radius 2 is 2.04 bits per heavy atom. The van der Waals surface area contributed by atoms with Gasteiger partial charge in [0.15, 0.2) is 5.78 Å². The molecule has 4 unspecified atom stereocenters. The minimum Gasteiger partial charge on any atom is -0.377 e. The number of hydrogen-bond donors (Lipinski definition) is 1. The summed E-state index contributed by atoms with van der Waals surface area (Å²) in [6.07, 6.45) is 16.3. The van der Waals surface area contributed by atoms with E-state index < -0.39 is 5.60 Å². The molecule has 0 aromatic rings. The molecular weight excluding hydrogens is 284 g/mol. The van der Waals surface area contributed by atoms with Crippen LogP contribution in [0.2, 0.25) is 0 Å². The first kappa shape index (κ1) is 15.2. The highest BCUT2D eigenvalue weighted by Gasteiger charge is 2.61. The number of carbonyl (C=O) groups excluding carboxylic acids is 1. The summed E-state index contributed by atoms with van der Waals surface area (Å²) in [5, 5.41) is 11.0. The summed E-state index contributed by atoms with van der Waals surface area (Å²) in [6.45, 7) is 4.52. The summed E-state index contributed by atoms with van der Waals surface area (Å²) in [4.78, 5) is 11.8. The molecule has 0 aromatic heterocycles. The number of ketones is 1. The zero-order chi connectivity index (χ0) is 16.5. The van der Waals surface area contributed by atoms with Gasteiger partial charge < -0.3 is 5.11 Å². The van der Waals surface area contributed by atoms with E-state index in [2.05, 4.69) is 25.8 Å². The Labute approximate surface area is 139 Å². The van der Waals surface area contributed by atoms with Gasteiger partial charge in [0, 0.05) is 17.3 Å². The quantitative estimate of drug-likeness (QED) is 0.546. The zero-order valence-corrected chi connectivity index (χ0v) is 14.2. The second-order valence-electron chi connectivity index (χ2n) is 8.54. The number of allylic oxidation sites excluding steroid dienone is 4. The van der Waals surface area contributed by atoms with Crippen molar-refractivity contribution in [1.82, 2.24) is 0 Å². The molecule has 2 heteroatoms. The number of carbonyl (C=O) groups is 1. The SMILES string of the molecule is C#C[C@]1(O)CCC2C3CCC4=CC(=O)CCC4(C)C3=CCC21C. The molecule has 122 valence electrons. The molecule has 0 saturated heterocycles. The Kier molecular flexibility index (Phi) is 3.05. The van der Waals surface area contributed by atoms with Gasteiger partial charge in [-0.2, -0.15) is 0 Å². The van der Waals surface area contributed by atoms with Crippen LogP contribution < -0.4 is 0 Å². The van der Waals surface area contributed by atoms with Crippen LogP contribution >= 0.6 is 0 Å². The number of rotatable bonds is 0. The molecule has 4 aliphatic carbocycles. The summed E-state index contributed by atoms with van der Waals surface area (Å²) in [5.41, 5.74) is 1.78. The fraction of sp³-hybridized carbons (Fsp3) is 0.667. The highest BCUT2D eigenvalue weighted by Crippen LogP contribution is 2.65. The maximum Gasteiger partial charge on any atom is 0.155 e. The van der Waals surface area contributed by atoms with Gasteiger partial charge in [-0.1, -0.05) is 37.0 Å². The first-order valence-corrected chi connectivity index (χ1v) is 8.99. The Bertz CT molecular complexity index is 678. The molecule has 4 rings (SSSR count). The molecule has 0 aliphatic heterocycles. The molecule has 0 radical (unpaired) electrons. The highest BCUT2D eigenvalue weighted by molar-refractivity contribution is 5.92. The van der Waals surface area contributed by atoms with E-state index in [1.807, 2.05) is 6.08 Å². The van der Waals surface area contributed by atoms with E-state index in [1.54, 1.807) is 0 Å². The largest absolute Gasteiger partial charge is 0.377 e. The fourth-order valence-corrected chi connectivity index (χ4v) is 6.11. The van der Waals surface area contributed by atoms with Crippen molar-refractivity contribution < 1.29 is 9.90 Å². The smallest absolute Gasteiger partial charge is 0.155 e. The third-order valence-corrected chi connectivity index (χ3v) is 7.73. The summed E-state index contributed by atoms with van der Waals surface area (Å²) in [6, 6.07) is 0. The van der Waals surface area contributed by atoms with E-state index in [1.165, 1.54) is 11.1 Å². The Hall–Kier alpha value is -1.33. The van der Waals surface area contributed by atoms with E-state index >= 15 is 0 Å². The van der Waals surface area contributed by atoms with Gasteiger partial charge in [0.25, 0.3) is 0 Å². The third kappa shape index (κ3) is 1.78. The van der Waals surface area contributed by atoms with Gasteiger partial charge in [-0.05, 0) is 56.4 Å². The minimum absolute atomic E-state index is 0.0645. The average Bonchev–Trinajstić information content (AvgIpc) is 2.80. The molecule has 0 spiro atoms. The van der Waals surface area contributed by atoms with Gasteiger partial charge >= 0.3 is 0 Å². The topological polar surface area (TPSA) is 37.3 Å². The standard InChI is InChI=1S/C21H26O2/c1-4-21(23)12-9-18-16-6-5-14-13-15(22)7-10-19(14,2)17(16)8-11-20(18,21)3/h1,8,13,16,18,23H,5-7,9-12H2,2-3H3/t16?,18?,19?,20?,21-/m0/s1. The lowest BCUT2D eigenvalue weighted by Crippen LogP contribution is -2.50. The van der Waals surface area contributed by atoms with Gasteiger partial charge in [0.05, 0.1) is 0 Å². The number of aliphatic hydroxyl groups is 1. The molecule has 0 aromatic carbocycles. The highest BCUT2D eigenvalue weighted by atomic mass is 16.3. The van der Waals surface area contributed by atoms with Crippen LogP contribution in [0.15, 0.2) is 23.3 Å². The normalized spacial score (nSPS) is 48.5. The van der Waals surface area contributed by atoms with Crippen LogP contribution in [0, 0.1) is 35.0 Å². The molecular formula is C21H26O2. The van der Waals surface area contributed by atoms with Crippen LogP contribution in [0.25, 0.3) is 0 Å². The molecule has 2 fully saturated rings. The van der Waals surface area contributed by atoms with Crippen molar-refractivity contribution in [3.8, 4) is 12.3 Å². The average molecular weight is 310 g/mol. The monoisotopic (exact) mass is 310 g/mol. The van der Waals surface area contributed by atoms with Gasteiger partial charge in [0.1, 0.15) is 5.60 Å². The summed E-state index contributed by atoms with van der Waals surface area (Å²) in [7, 11) is 0. The van der Waals surface area contributed by atoms with Crippen molar-refractivity contribution >= 4 is 5.78 Å². The van der Waals surface area contributed by atoms with Crippen molar-refractivity contribution in [3.05, 3.63) is 23.3 Å². The Balaban J connectivity index is 1.78. The second kappa shape index (κ2) is 4.61. The lowest BCUT2D eigenvalue weighted by molar-refractivity contribution is -0.115. The molecule has 0 amide bonds. The van der Waals surface area contributed by atoms with Gasteiger partial charge in [-0.15, -0.1) is 6.42 Å². The van der Waals surface area contributed by atoms with Crippen LogP contribution in [0.5, 0.6) is 0 Å². The van der Waals surface area contributed by atoms with Crippen molar-refractivity contribution in [2.45, 2.75) is 64.4 Å². The summed E-state index contributed by atoms with van der Waals surface area (Å²) < 4.78 is 0. The van der Waals surface area contributed by atoms with Crippen LogP contribution in [-0.4, -0.2) is 16.5 Å². The minimum atomic E-state index is -0.959. The molecule has 2 nitrogen and oxygen atoms in total. The Morgan fingerprint density at radius 3 is 2.78 bits per heavy atom. The van der Waals surface area contributed by atoms with Crippen molar-refractivity contribution in [1.29, 1.82) is 0 Å². The first-order valence-electron chi connectivity index (χ1n) is 8.99. The molecule has 23 heavy (non-hydrogen) atoms. The van der Waals surface area contributed by atoms with Crippen molar-refractivity contribution in [2.75, 3.05) is 0 Å². The van der Waals surface area contributed by atoms with Crippen LogP contribution in [0.3, 0.4) is 0 Å². The molecule has 0 heterocycles. The third-order valence-electron chi connectivity index (χ3n) is 7.73. The summed E-state index contributed by atoms with van der Waals surface area (Å²) >= 11 is 0. The van der Waals surface area contributed by atoms with Crippen LogP contribution in [-0.2, 0) is 4.79 Å². The number of terminal acetylenes is 1. The summed E-state index contributed by atoms with van der Waals surface area (Å²) in [5.74, 6) is 4.00. The number of hydrogen-bond acceptors (Lipinski definition) is 2.